The highest BCUT2D eigenvalue weighted by atomic mass is 32.1. The standard InChI is InChI=1S/C17H19NO3S/c1-21-15-12(8-5-9-13(15)17(19)20)16-18-14(10-22-16)11-6-3-2-4-7-11/h5,8-11H,2-4,6-7H2,1H3,(H,19,20). The normalized spacial score (nSPS) is 15.7. The Balaban J connectivity index is 1.96. The van der Waals surface area contributed by atoms with Crippen LogP contribution in [0, 0.1) is 0 Å². The number of hydrogen-bond acceptors (Lipinski definition) is 4. The van der Waals surface area contributed by atoms with Gasteiger partial charge in [-0.15, -0.1) is 11.3 Å². The lowest BCUT2D eigenvalue weighted by atomic mass is 9.87. The zero-order valence-electron chi connectivity index (χ0n) is 12.5. The zero-order valence-corrected chi connectivity index (χ0v) is 13.4. The van der Waals surface area contributed by atoms with Gasteiger partial charge in [-0.25, -0.2) is 9.78 Å². The van der Waals surface area contributed by atoms with Gasteiger partial charge in [0.1, 0.15) is 16.3 Å². The Hall–Kier alpha value is -1.88. The molecule has 0 atom stereocenters. The molecule has 1 aromatic heterocycles. The van der Waals surface area contributed by atoms with Crippen LogP contribution in [0.2, 0.25) is 0 Å². The third-order valence-corrected chi connectivity index (χ3v) is 5.12. The first-order chi connectivity index (χ1) is 10.7. The van der Waals surface area contributed by atoms with Crippen LogP contribution in [0.25, 0.3) is 10.6 Å². The predicted octanol–water partition coefficient (Wildman–Crippen LogP) is 4.56. The van der Waals surface area contributed by atoms with E-state index in [0.29, 0.717) is 11.7 Å². The van der Waals surface area contributed by atoms with Gasteiger partial charge in [-0.1, -0.05) is 25.3 Å². The molecule has 1 N–H and O–H groups in total. The summed E-state index contributed by atoms with van der Waals surface area (Å²) in [7, 11) is 1.50. The lowest BCUT2D eigenvalue weighted by molar-refractivity contribution is 0.0693. The van der Waals surface area contributed by atoms with E-state index in [4.69, 9.17) is 9.72 Å². The number of ether oxygens (including phenoxy) is 1. The summed E-state index contributed by atoms with van der Waals surface area (Å²) >= 11 is 1.56. The van der Waals surface area contributed by atoms with Crippen LogP contribution in [0.1, 0.15) is 54.1 Å². The Morgan fingerprint density at radius 1 is 1.32 bits per heavy atom. The summed E-state index contributed by atoms with van der Waals surface area (Å²) in [5.74, 6) is -0.0466. The van der Waals surface area contributed by atoms with Crippen molar-refractivity contribution < 1.29 is 14.6 Å². The van der Waals surface area contributed by atoms with Crippen LogP contribution >= 0.6 is 11.3 Å². The Bertz CT molecular complexity index is 674. The molecule has 1 aliphatic carbocycles. The Kier molecular flexibility index (Phi) is 4.43. The van der Waals surface area contributed by atoms with Gasteiger partial charge in [-0.05, 0) is 25.0 Å². The second kappa shape index (κ2) is 6.48. The number of rotatable bonds is 4. The van der Waals surface area contributed by atoms with Crippen LogP contribution in [-0.4, -0.2) is 23.2 Å². The minimum Gasteiger partial charge on any atom is -0.495 e. The Labute approximate surface area is 133 Å². The number of carboxylic acids is 1. The number of aromatic nitrogens is 1. The molecule has 0 unspecified atom stereocenters. The highest BCUT2D eigenvalue weighted by molar-refractivity contribution is 7.13. The molecule has 0 spiro atoms. The van der Waals surface area contributed by atoms with E-state index in [1.807, 2.05) is 6.07 Å². The number of carbonyl (C=O) groups is 1. The molecule has 1 saturated carbocycles. The molecule has 3 rings (SSSR count). The van der Waals surface area contributed by atoms with Gasteiger partial charge < -0.3 is 9.84 Å². The van der Waals surface area contributed by atoms with Crippen molar-refractivity contribution in [2.45, 2.75) is 38.0 Å². The van der Waals surface area contributed by atoms with Gasteiger partial charge in [-0.2, -0.15) is 0 Å². The molecule has 0 saturated heterocycles. The summed E-state index contributed by atoms with van der Waals surface area (Å²) in [5, 5.41) is 12.2. The van der Waals surface area contributed by atoms with Gasteiger partial charge in [0.2, 0.25) is 0 Å². The smallest absolute Gasteiger partial charge is 0.339 e. The first kappa shape index (κ1) is 15.0. The number of methoxy groups -OCH3 is 1. The summed E-state index contributed by atoms with van der Waals surface area (Å²) < 4.78 is 5.33. The molecule has 1 aliphatic rings. The lowest BCUT2D eigenvalue weighted by Crippen LogP contribution is -2.05. The number of para-hydroxylation sites is 1. The maximum Gasteiger partial charge on any atom is 0.339 e. The van der Waals surface area contributed by atoms with E-state index < -0.39 is 5.97 Å². The molecular formula is C17H19NO3S. The van der Waals surface area contributed by atoms with E-state index in [2.05, 4.69) is 5.38 Å². The number of carboxylic acid groups (broad SMARTS) is 1. The third-order valence-electron chi connectivity index (χ3n) is 4.23. The van der Waals surface area contributed by atoms with Crippen molar-refractivity contribution in [3.63, 3.8) is 0 Å². The van der Waals surface area contributed by atoms with Gasteiger partial charge in [0, 0.05) is 11.3 Å². The lowest BCUT2D eigenvalue weighted by Gasteiger charge is -2.19. The maximum atomic E-state index is 11.3. The molecule has 4 nitrogen and oxygen atoms in total. The largest absolute Gasteiger partial charge is 0.495 e. The summed E-state index contributed by atoms with van der Waals surface area (Å²) in [6.07, 6.45) is 6.28. The van der Waals surface area contributed by atoms with E-state index >= 15 is 0 Å². The fourth-order valence-electron chi connectivity index (χ4n) is 3.09. The molecule has 0 amide bonds. The maximum absolute atomic E-state index is 11.3. The molecule has 0 bridgehead atoms. The molecule has 0 radical (unpaired) electrons. The first-order valence-corrected chi connectivity index (χ1v) is 8.44. The van der Waals surface area contributed by atoms with Gasteiger partial charge in [0.25, 0.3) is 0 Å². The fraction of sp³-hybridized carbons (Fsp3) is 0.412. The van der Waals surface area contributed by atoms with Crippen LogP contribution in [0.15, 0.2) is 23.6 Å². The topological polar surface area (TPSA) is 59.4 Å². The van der Waals surface area contributed by atoms with Crippen molar-refractivity contribution in [1.82, 2.24) is 4.98 Å². The number of aromatic carboxylic acids is 1. The fourth-order valence-corrected chi connectivity index (χ4v) is 4.01. The van der Waals surface area contributed by atoms with E-state index in [1.54, 1.807) is 23.5 Å². The molecule has 1 heterocycles. The van der Waals surface area contributed by atoms with Crippen molar-refractivity contribution in [2.24, 2.45) is 0 Å². The molecule has 22 heavy (non-hydrogen) atoms. The number of nitrogens with zero attached hydrogens (tertiary/aromatic N) is 1. The number of hydrogen-bond donors (Lipinski definition) is 1. The second-order valence-corrected chi connectivity index (χ2v) is 6.46. The molecule has 1 fully saturated rings. The summed E-state index contributed by atoms with van der Waals surface area (Å²) in [4.78, 5) is 16.1. The van der Waals surface area contributed by atoms with E-state index in [-0.39, 0.29) is 5.56 Å². The van der Waals surface area contributed by atoms with E-state index in [9.17, 15) is 9.90 Å². The van der Waals surface area contributed by atoms with Gasteiger partial charge in [0.15, 0.2) is 0 Å². The van der Waals surface area contributed by atoms with Crippen molar-refractivity contribution >= 4 is 17.3 Å². The average molecular weight is 317 g/mol. The molecule has 2 aromatic rings. The SMILES string of the molecule is COc1c(C(=O)O)cccc1-c1nc(C2CCCCC2)cs1. The Morgan fingerprint density at radius 2 is 2.09 bits per heavy atom. The van der Waals surface area contributed by atoms with Gasteiger partial charge >= 0.3 is 5.97 Å². The van der Waals surface area contributed by atoms with Crippen molar-refractivity contribution in [1.29, 1.82) is 0 Å². The molecule has 1 aromatic carbocycles. The monoisotopic (exact) mass is 317 g/mol. The van der Waals surface area contributed by atoms with E-state index in [1.165, 1.54) is 39.2 Å². The summed E-state index contributed by atoms with van der Waals surface area (Å²) in [6.45, 7) is 0. The predicted molar refractivity (Wildman–Crippen MR) is 86.9 cm³/mol. The molecular weight excluding hydrogens is 298 g/mol. The second-order valence-electron chi connectivity index (χ2n) is 5.60. The van der Waals surface area contributed by atoms with Crippen molar-refractivity contribution in [2.75, 3.05) is 7.11 Å². The number of thiazole rings is 1. The van der Waals surface area contributed by atoms with Crippen LogP contribution in [0.3, 0.4) is 0 Å². The van der Waals surface area contributed by atoms with Crippen molar-refractivity contribution in [3.05, 3.63) is 34.8 Å². The average Bonchev–Trinajstić information content (AvgIpc) is 3.04. The Morgan fingerprint density at radius 3 is 2.77 bits per heavy atom. The van der Waals surface area contributed by atoms with Gasteiger partial charge in [0.05, 0.1) is 18.4 Å². The van der Waals surface area contributed by atoms with Crippen molar-refractivity contribution in [3.8, 4) is 16.3 Å². The van der Waals surface area contributed by atoms with Crippen LogP contribution in [-0.2, 0) is 0 Å². The van der Waals surface area contributed by atoms with Crippen LogP contribution in [0.4, 0.5) is 0 Å². The molecule has 0 aliphatic heterocycles. The van der Waals surface area contributed by atoms with Crippen LogP contribution < -0.4 is 4.74 Å². The summed E-state index contributed by atoms with van der Waals surface area (Å²) in [6, 6.07) is 5.16. The van der Waals surface area contributed by atoms with Crippen LogP contribution in [0.5, 0.6) is 5.75 Å². The third kappa shape index (κ3) is 2.86. The minimum absolute atomic E-state index is 0.175. The highest BCUT2D eigenvalue weighted by Gasteiger charge is 2.21. The molecule has 5 heteroatoms. The zero-order chi connectivity index (χ0) is 15.5. The number of benzene rings is 1. The minimum atomic E-state index is -0.984. The quantitative estimate of drug-likeness (QED) is 0.897. The first-order valence-electron chi connectivity index (χ1n) is 7.57. The van der Waals surface area contributed by atoms with E-state index in [0.717, 1.165) is 16.3 Å². The molecule has 116 valence electrons. The van der Waals surface area contributed by atoms with Gasteiger partial charge in [-0.3, -0.25) is 0 Å². The summed E-state index contributed by atoms with van der Waals surface area (Å²) in [5.41, 5.74) is 2.08. The highest BCUT2D eigenvalue weighted by Crippen LogP contribution is 2.38.